The largest absolute Gasteiger partial charge is 0.495 e. The SMILES string of the molecule is COCCN1CC(c2ccc3cnc(Nc4ccc(-c5cnc(CO)n5C)cc4OC)cc3c2)C=N1. The number of hydrogen-bond acceptors (Lipinski definition) is 8. The number of pyridine rings is 1. The second-order valence-electron chi connectivity index (χ2n) is 8.77. The average Bonchev–Trinajstić information content (AvgIpc) is 3.53. The number of anilines is 2. The zero-order valence-corrected chi connectivity index (χ0v) is 20.7. The van der Waals surface area contributed by atoms with E-state index in [2.05, 4.69) is 44.7 Å². The number of fused-ring (bicyclic) bond motifs is 1. The highest BCUT2D eigenvalue weighted by Gasteiger charge is 2.19. The molecule has 0 fully saturated rings. The van der Waals surface area contributed by atoms with Crippen LogP contribution in [0, 0.1) is 0 Å². The average molecular weight is 487 g/mol. The van der Waals surface area contributed by atoms with Crippen molar-refractivity contribution in [3.8, 4) is 17.0 Å². The van der Waals surface area contributed by atoms with Crippen LogP contribution >= 0.6 is 0 Å². The third-order valence-corrected chi connectivity index (χ3v) is 6.53. The number of benzene rings is 2. The normalized spacial score (nSPS) is 15.1. The Hall–Kier alpha value is -3.95. The summed E-state index contributed by atoms with van der Waals surface area (Å²) >= 11 is 0. The summed E-state index contributed by atoms with van der Waals surface area (Å²) in [6, 6.07) is 14.4. The summed E-state index contributed by atoms with van der Waals surface area (Å²) in [6.45, 7) is 2.20. The predicted molar refractivity (Wildman–Crippen MR) is 141 cm³/mol. The van der Waals surface area contributed by atoms with Crippen molar-refractivity contribution in [1.82, 2.24) is 19.5 Å². The maximum atomic E-state index is 9.45. The van der Waals surface area contributed by atoms with Crippen molar-refractivity contribution in [1.29, 1.82) is 0 Å². The summed E-state index contributed by atoms with van der Waals surface area (Å²) in [5.41, 5.74) is 3.88. The summed E-state index contributed by atoms with van der Waals surface area (Å²) in [5.74, 6) is 2.28. The first-order valence-electron chi connectivity index (χ1n) is 11.8. The third kappa shape index (κ3) is 4.75. The van der Waals surface area contributed by atoms with Gasteiger partial charge in [-0.05, 0) is 29.1 Å². The number of aromatic nitrogens is 3. The molecule has 2 N–H and O–H groups in total. The van der Waals surface area contributed by atoms with Gasteiger partial charge in [-0.1, -0.05) is 24.3 Å². The predicted octanol–water partition coefficient (Wildman–Crippen LogP) is 3.91. The number of aliphatic hydroxyl groups excluding tert-OH is 1. The van der Waals surface area contributed by atoms with Gasteiger partial charge in [-0.3, -0.25) is 5.01 Å². The number of nitrogens with one attached hydrogen (secondary N) is 1. The van der Waals surface area contributed by atoms with Crippen LogP contribution in [0.1, 0.15) is 17.3 Å². The van der Waals surface area contributed by atoms with E-state index < -0.39 is 0 Å². The molecule has 0 radical (unpaired) electrons. The lowest BCUT2D eigenvalue weighted by molar-refractivity contribution is 0.155. The van der Waals surface area contributed by atoms with Crippen molar-refractivity contribution in [3.05, 3.63) is 66.2 Å². The van der Waals surface area contributed by atoms with Crippen LogP contribution in [-0.2, 0) is 18.4 Å². The van der Waals surface area contributed by atoms with Gasteiger partial charge in [0.1, 0.15) is 24.0 Å². The molecule has 9 nitrogen and oxygen atoms in total. The Bertz CT molecular complexity index is 1400. The van der Waals surface area contributed by atoms with Crippen LogP contribution < -0.4 is 10.1 Å². The highest BCUT2D eigenvalue weighted by molar-refractivity contribution is 5.87. The van der Waals surface area contributed by atoms with Gasteiger partial charge in [-0.2, -0.15) is 5.10 Å². The lowest BCUT2D eigenvalue weighted by Crippen LogP contribution is -2.21. The highest BCUT2D eigenvalue weighted by atomic mass is 16.5. The Labute approximate surface area is 210 Å². The molecule has 1 aliphatic rings. The maximum Gasteiger partial charge on any atom is 0.143 e. The van der Waals surface area contributed by atoms with E-state index in [1.807, 2.05) is 47.2 Å². The summed E-state index contributed by atoms with van der Waals surface area (Å²) in [4.78, 5) is 8.87. The zero-order valence-electron chi connectivity index (χ0n) is 20.7. The van der Waals surface area contributed by atoms with Gasteiger partial charge < -0.3 is 24.5 Å². The molecule has 0 spiro atoms. The van der Waals surface area contributed by atoms with Crippen LogP contribution in [0.4, 0.5) is 11.5 Å². The van der Waals surface area contributed by atoms with Gasteiger partial charge in [0.25, 0.3) is 0 Å². The molecule has 3 heterocycles. The minimum Gasteiger partial charge on any atom is -0.495 e. The molecule has 1 unspecified atom stereocenters. The number of aliphatic hydroxyl groups is 1. The Balaban J connectivity index is 1.37. The van der Waals surface area contributed by atoms with E-state index in [9.17, 15) is 5.11 Å². The molecule has 9 heteroatoms. The standard InChI is InChI=1S/C27H30N6O3/c1-32-24(15-29-27(32)17-34)19-6-7-23(25(11-19)36-3)31-26-12-21-10-18(4-5-20(21)13-28-26)22-14-30-33(16-22)8-9-35-2/h4-7,10-15,22,34H,8-9,16-17H2,1-3H3,(H,28,31). The fourth-order valence-electron chi connectivity index (χ4n) is 4.45. The van der Waals surface area contributed by atoms with Crippen molar-refractivity contribution < 1.29 is 14.6 Å². The number of hydrazone groups is 1. The van der Waals surface area contributed by atoms with Gasteiger partial charge >= 0.3 is 0 Å². The molecule has 5 rings (SSSR count). The quantitative estimate of drug-likeness (QED) is 0.370. The molecule has 0 saturated carbocycles. The van der Waals surface area contributed by atoms with Crippen molar-refractivity contribution in [2.24, 2.45) is 12.1 Å². The monoisotopic (exact) mass is 486 g/mol. The summed E-state index contributed by atoms with van der Waals surface area (Å²) < 4.78 is 12.7. The Morgan fingerprint density at radius 1 is 1.06 bits per heavy atom. The Kier molecular flexibility index (Phi) is 6.84. The third-order valence-electron chi connectivity index (χ3n) is 6.53. The van der Waals surface area contributed by atoms with Crippen molar-refractivity contribution in [2.75, 3.05) is 39.2 Å². The second kappa shape index (κ2) is 10.3. The van der Waals surface area contributed by atoms with E-state index >= 15 is 0 Å². The Morgan fingerprint density at radius 2 is 1.94 bits per heavy atom. The molecule has 186 valence electrons. The topological polar surface area (TPSA) is 97.0 Å². The molecule has 2 aromatic carbocycles. The number of rotatable bonds is 9. The van der Waals surface area contributed by atoms with Crippen LogP contribution in [0.3, 0.4) is 0 Å². The molecule has 0 amide bonds. The first-order chi connectivity index (χ1) is 17.6. The van der Waals surface area contributed by atoms with Gasteiger partial charge in [-0.25, -0.2) is 9.97 Å². The molecule has 2 aromatic heterocycles. The van der Waals surface area contributed by atoms with E-state index in [0.29, 0.717) is 18.2 Å². The molecule has 0 bridgehead atoms. The zero-order chi connectivity index (χ0) is 25.1. The minimum atomic E-state index is -0.109. The lowest BCUT2D eigenvalue weighted by Gasteiger charge is -2.16. The number of ether oxygens (including phenoxy) is 2. The number of nitrogens with zero attached hydrogens (tertiary/aromatic N) is 5. The second-order valence-corrected chi connectivity index (χ2v) is 8.77. The van der Waals surface area contributed by atoms with E-state index in [1.54, 1.807) is 20.4 Å². The number of hydrogen-bond donors (Lipinski definition) is 2. The van der Waals surface area contributed by atoms with Crippen LogP contribution in [0.15, 0.2) is 60.0 Å². The summed E-state index contributed by atoms with van der Waals surface area (Å²) in [5, 5.41) is 21.6. The van der Waals surface area contributed by atoms with Gasteiger partial charge in [0.2, 0.25) is 0 Å². The highest BCUT2D eigenvalue weighted by Crippen LogP contribution is 2.33. The van der Waals surface area contributed by atoms with Gasteiger partial charge in [-0.15, -0.1) is 0 Å². The summed E-state index contributed by atoms with van der Waals surface area (Å²) in [7, 11) is 5.23. The molecule has 0 aliphatic carbocycles. The molecule has 0 saturated heterocycles. The lowest BCUT2D eigenvalue weighted by atomic mass is 9.98. The van der Waals surface area contributed by atoms with Gasteiger partial charge in [0.05, 0.1) is 37.8 Å². The van der Waals surface area contributed by atoms with Gasteiger partial charge in [0, 0.05) is 50.0 Å². The van der Waals surface area contributed by atoms with E-state index in [-0.39, 0.29) is 12.5 Å². The first-order valence-corrected chi connectivity index (χ1v) is 11.8. The first kappa shape index (κ1) is 23.8. The van der Waals surface area contributed by atoms with E-state index in [4.69, 9.17) is 9.47 Å². The van der Waals surface area contributed by atoms with E-state index in [1.165, 1.54) is 5.56 Å². The molecule has 4 aromatic rings. The number of methoxy groups -OCH3 is 2. The molecular formula is C27H30N6O3. The molecule has 1 atom stereocenters. The van der Waals surface area contributed by atoms with Crippen LogP contribution in [0.2, 0.25) is 0 Å². The Morgan fingerprint density at radius 3 is 2.72 bits per heavy atom. The maximum absolute atomic E-state index is 9.45. The smallest absolute Gasteiger partial charge is 0.143 e. The van der Waals surface area contributed by atoms with Crippen LogP contribution in [-0.4, -0.2) is 64.8 Å². The molecule has 1 aliphatic heterocycles. The van der Waals surface area contributed by atoms with Crippen LogP contribution in [0.5, 0.6) is 5.75 Å². The van der Waals surface area contributed by atoms with E-state index in [0.717, 1.165) is 46.6 Å². The fraction of sp³-hybridized carbons (Fsp3) is 0.296. The fourth-order valence-corrected chi connectivity index (χ4v) is 4.45. The van der Waals surface area contributed by atoms with Gasteiger partial charge in [0.15, 0.2) is 0 Å². The number of imidazole rings is 1. The van der Waals surface area contributed by atoms with Crippen molar-refractivity contribution in [3.63, 3.8) is 0 Å². The minimum absolute atomic E-state index is 0.109. The van der Waals surface area contributed by atoms with Crippen molar-refractivity contribution >= 4 is 28.5 Å². The molecule has 36 heavy (non-hydrogen) atoms. The van der Waals surface area contributed by atoms with Crippen molar-refractivity contribution in [2.45, 2.75) is 12.5 Å². The van der Waals surface area contributed by atoms with Crippen LogP contribution in [0.25, 0.3) is 22.0 Å². The molecular weight excluding hydrogens is 456 g/mol. The summed E-state index contributed by atoms with van der Waals surface area (Å²) in [6.07, 6.45) is 5.64.